The lowest BCUT2D eigenvalue weighted by atomic mass is 10.1. The summed E-state index contributed by atoms with van der Waals surface area (Å²) < 4.78 is 4.18. The van der Waals surface area contributed by atoms with Crippen molar-refractivity contribution in [2.75, 3.05) is 0 Å². The summed E-state index contributed by atoms with van der Waals surface area (Å²) in [6.07, 6.45) is 4.07. The van der Waals surface area contributed by atoms with Gasteiger partial charge < -0.3 is 9.88 Å². The van der Waals surface area contributed by atoms with Crippen molar-refractivity contribution in [2.45, 2.75) is 39.9 Å². The van der Waals surface area contributed by atoms with Crippen LogP contribution >= 0.6 is 0 Å². The van der Waals surface area contributed by atoms with E-state index in [9.17, 15) is 0 Å². The first-order valence-corrected chi connectivity index (χ1v) is 6.49. The number of rotatable bonds is 5. The molecule has 0 aliphatic carbocycles. The second-order valence-corrected chi connectivity index (χ2v) is 4.70. The van der Waals surface area contributed by atoms with E-state index in [-0.39, 0.29) is 0 Å². The molecule has 4 heteroatoms. The monoisotopic (exact) mass is 246 g/mol. The summed E-state index contributed by atoms with van der Waals surface area (Å²) >= 11 is 0. The number of aryl methyl sites for hydroxylation is 2. The Morgan fingerprint density at radius 3 is 2.83 bits per heavy atom. The minimum absolute atomic E-state index is 0.318. The molecule has 2 aromatic heterocycles. The zero-order chi connectivity index (χ0) is 13.1. The fourth-order valence-corrected chi connectivity index (χ4v) is 2.23. The minimum Gasteiger partial charge on any atom is -0.351 e. The summed E-state index contributed by atoms with van der Waals surface area (Å²) in [6.45, 7) is 8.36. The van der Waals surface area contributed by atoms with E-state index < -0.39 is 0 Å². The molecular formula is C14H22N4. The van der Waals surface area contributed by atoms with Crippen LogP contribution in [0.1, 0.15) is 36.8 Å². The van der Waals surface area contributed by atoms with Gasteiger partial charge in [0.05, 0.1) is 6.20 Å². The van der Waals surface area contributed by atoms with Gasteiger partial charge in [-0.05, 0) is 32.9 Å². The quantitative estimate of drug-likeness (QED) is 0.879. The molecule has 0 fully saturated rings. The average Bonchev–Trinajstić information content (AvgIpc) is 2.94. The zero-order valence-electron chi connectivity index (χ0n) is 11.6. The van der Waals surface area contributed by atoms with E-state index in [1.54, 1.807) is 0 Å². The summed E-state index contributed by atoms with van der Waals surface area (Å²) in [5, 5.41) is 7.84. The van der Waals surface area contributed by atoms with Crippen LogP contribution < -0.4 is 5.32 Å². The van der Waals surface area contributed by atoms with Crippen LogP contribution in [-0.4, -0.2) is 14.3 Å². The van der Waals surface area contributed by atoms with Crippen molar-refractivity contribution in [1.29, 1.82) is 0 Å². The highest BCUT2D eigenvalue weighted by atomic mass is 15.3. The molecule has 1 atom stereocenters. The highest BCUT2D eigenvalue weighted by Gasteiger charge is 2.11. The molecule has 98 valence electrons. The Morgan fingerprint density at radius 1 is 1.44 bits per heavy atom. The van der Waals surface area contributed by atoms with Crippen LogP contribution in [0.25, 0.3) is 0 Å². The lowest BCUT2D eigenvalue weighted by Gasteiger charge is -2.14. The van der Waals surface area contributed by atoms with Crippen LogP contribution in [0.2, 0.25) is 0 Å². The second-order valence-electron chi connectivity index (χ2n) is 4.70. The lowest BCUT2D eigenvalue weighted by molar-refractivity contribution is 0.546. The molecule has 0 aliphatic rings. The highest BCUT2D eigenvalue weighted by Crippen LogP contribution is 2.16. The van der Waals surface area contributed by atoms with Gasteiger partial charge in [0, 0.05) is 49.3 Å². The molecule has 0 aromatic carbocycles. The van der Waals surface area contributed by atoms with Crippen LogP contribution in [0.4, 0.5) is 0 Å². The molecule has 0 spiro atoms. The van der Waals surface area contributed by atoms with Gasteiger partial charge in [0.15, 0.2) is 0 Å². The first-order chi connectivity index (χ1) is 8.63. The van der Waals surface area contributed by atoms with E-state index in [1.165, 1.54) is 17.0 Å². The van der Waals surface area contributed by atoms with Gasteiger partial charge in [0.1, 0.15) is 0 Å². The average molecular weight is 246 g/mol. The molecule has 2 rings (SSSR count). The number of nitrogens with one attached hydrogen (secondary N) is 1. The third-order valence-electron chi connectivity index (χ3n) is 3.59. The van der Waals surface area contributed by atoms with E-state index in [0.29, 0.717) is 6.04 Å². The topological polar surface area (TPSA) is 34.8 Å². The predicted octanol–water partition coefficient (Wildman–Crippen LogP) is 2.40. The Labute approximate surface area is 109 Å². The number of hydrogen-bond donors (Lipinski definition) is 1. The zero-order valence-corrected chi connectivity index (χ0v) is 11.6. The highest BCUT2D eigenvalue weighted by molar-refractivity contribution is 5.20. The molecule has 4 nitrogen and oxygen atoms in total. The van der Waals surface area contributed by atoms with Gasteiger partial charge in [-0.2, -0.15) is 5.10 Å². The molecule has 0 radical (unpaired) electrons. The van der Waals surface area contributed by atoms with Gasteiger partial charge in [-0.3, -0.25) is 4.68 Å². The van der Waals surface area contributed by atoms with E-state index in [0.717, 1.165) is 13.1 Å². The van der Waals surface area contributed by atoms with Crippen LogP contribution in [0.3, 0.4) is 0 Å². The summed E-state index contributed by atoms with van der Waals surface area (Å²) in [6, 6.07) is 4.58. The SMILES string of the molecule is CCn1cccc1CNC(C)c1cnn(C)c1C. The maximum atomic E-state index is 4.29. The molecule has 1 unspecified atom stereocenters. The molecule has 0 saturated carbocycles. The Morgan fingerprint density at radius 2 is 2.22 bits per heavy atom. The van der Waals surface area contributed by atoms with Crippen molar-refractivity contribution in [3.63, 3.8) is 0 Å². The van der Waals surface area contributed by atoms with Gasteiger partial charge in [-0.25, -0.2) is 0 Å². The number of aromatic nitrogens is 3. The van der Waals surface area contributed by atoms with Gasteiger partial charge >= 0.3 is 0 Å². The fraction of sp³-hybridized carbons (Fsp3) is 0.500. The number of hydrogen-bond acceptors (Lipinski definition) is 2. The second kappa shape index (κ2) is 5.40. The predicted molar refractivity (Wildman–Crippen MR) is 73.3 cm³/mol. The summed E-state index contributed by atoms with van der Waals surface area (Å²) in [4.78, 5) is 0. The molecule has 2 aromatic rings. The Balaban J connectivity index is 2.00. The molecule has 2 heterocycles. The van der Waals surface area contributed by atoms with Gasteiger partial charge in [0.25, 0.3) is 0 Å². The van der Waals surface area contributed by atoms with Crippen molar-refractivity contribution >= 4 is 0 Å². The van der Waals surface area contributed by atoms with E-state index in [1.807, 2.05) is 17.9 Å². The maximum Gasteiger partial charge on any atom is 0.0540 e. The first kappa shape index (κ1) is 12.9. The van der Waals surface area contributed by atoms with Crippen molar-refractivity contribution in [1.82, 2.24) is 19.7 Å². The standard InChI is InChI=1S/C14H22N4/c1-5-18-8-6-7-13(18)9-15-11(2)14-10-16-17(4)12(14)3/h6-8,10-11,15H,5,9H2,1-4H3. The largest absolute Gasteiger partial charge is 0.351 e. The normalized spacial score (nSPS) is 12.9. The van der Waals surface area contributed by atoms with Gasteiger partial charge in [-0.1, -0.05) is 0 Å². The Bertz CT molecular complexity index is 510. The molecule has 0 amide bonds. The summed E-state index contributed by atoms with van der Waals surface area (Å²) in [7, 11) is 1.98. The van der Waals surface area contributed by atoms with Crippen molar-refractivity contribution in [3.8, 4) is 0 Å². The summed E-state index contributed by atoms with van der Waals surface area (Å²) in [5.41, 5.74) is 3.82. The van der Waals surface area contributed by atoms with Gasteiger partial charge in [0.2, 0.25) is 0 Å². The van der Waals surface area contributed by atoms with E-state index in [4.69, 9.17) is 0 Å². The van der Waals surface area contributed by atoms with Crippen LogP contribution in [0, 0.1) is 6.92 Å². The van der Waals surface area contributed by atoms with E-state index >= 15 is 0 Å². The Kier molecular flexibility index (Phi) is 3.87. The van der Waals surface area contributed by atoms with Crippen molar-refractivity contribution in [3.05, 3.63) is 41.5 Å². The Hall–Kier alpha value is -1.55. The fourth-order valence-electron chi connectivity index (χ4n) is 2.23. The molecule has 0 aliphatic heterocycles. The third kappa shape index (κ3) is 2.48. The summed E-state index contributed by atoms with van der Waals surface area (Å²) in [5.74, 6) is 0. The third-order valence-corrected chi connectivity index (χ3v) is 3.59. The smallest absolute Gasteiger partial charge is 0.0540 e. The lowest BCUT2D eigenvalue weighted by Crippen LogP contribution is -2.20. The maximum absolute atomic E-state index is 4.29. The molecule has 18 heavy (non-hydrogen) atoms. The molecule has 0 saturated heterocycles. The van der Waals surface area contributed by atoms with Gasteiger partial charge in [-0.15, -0.1) is 0 Å². The van der Waals surface area contributed by atoms with Crippen LogP contribution in [-0.2, 0) is 20.1 Å². The van der Waals surface area contributed by atoms with E-state index in [2.05, 4.69) is 54.1 Å². The first-order valence-electron chi connectivity index (χ1n) is 6.49. The molecular weight excluding hydrogens is 224 g/mol. The van der Waals surface area contributed by atoms with Crippen LogP contribution in [0.15, 0.2) is 24.5 Å². The molecule has 0 bridgehead atoms. The number of nitrogens with zero attached hydrogens (tertiary/aromatic N) is 3. The minimum atomic E-state index is 0.318. The van der Waals surface area contributed by atoms with Crippen molar-refractivity contribution in [2.24, 2.45) is 7.05 Å². The molecule has 1 N–H and O–H groups in total. The van der Waals surface area contributed by atoms with Crippen molar-refractivity contribution < 1.29 is 0 Å². The van der Waals surface area contributed by atoms with Crippen LogP contribution in [0.5, 0.6) is 0 Å².